The van der Waals surface area contributed by atoms with Gasteiger partial charge in [0.15, 0.2) is 0 Å². The third kappa shape index (κ3) is 1.79. The predicted octanol–water partition coefficient (Wildman–Crippen LogP) is 1.86. The number of aromatic nitrogens is 2. The zero-order valence-corrected chi connectivity index (χ0v) is 7.98. The highest BCUT2D eigenvalue weighted by Gasteiger charge is 2.18. The highest BCUT2D eigenvalue weighted by molar-refractivity contribution is 5.36. The molecule has 3 heteroatoms. The second-order valence-electron chi connectivity index (χ2n) is 3.60. The second-order valence-corrected chi connectivity index (χ2v) is 3.60. The van der Waals surface area contributed by atoms with E-state index in [9.17, 15) is 0 Å². The SMILES string of the molecule is CC1CCCCN1c1cnccn1. The van der Waals surface area contributed by atoms with Crippen LogP contribution in [0.15, 0.2) is 18.6 Å². The lowest BCUT2D eigenvalue weighted by Crippen LogP contribution is -2.37. The van der Waals surface area contributed by atoms with Crippen molar-refractivity contribution in [3.63, 3.8) is 0 Å². The monoisotopic (exact) mass is 177 g/mol. The Morgan fingerprint density at radius 1 is 1.38 bits per heavy atom. The Morgan fingerprint density at radius 3 is 3.00 bits per heavy atom. The van der Waals surface area contributed by atoms with Crippen LogP contribution in [-0.2, 0) is 0 Å². The van der Waals surface area contributed by atoms with E-state index in [2.05, 4.69) is 21.8 Å². The summed E-state index contributed by atoms with van der Waals surface area (Å²) in [5.41, 5.74) is 0. The molecule has 1 aromatic rings. The lowest BCUT2D eigenvalue weighted by Gasteiger charge is -2.33. The lowest BCUT2D eigenvalue weighted by molar-refractivity contribution is 0.480. The van der Waals surface area contributed by atoms with E-state index in [0.29, 0.717) is 6.04 Å². The van der Waals surface area contributed by atoms with Crippen LogP contribution >= 0.6 is 0 Å². The number of nitrogens with zero attached hydrogens (tertiary/aromatic N) is 3. The predicted molar refractivity (Wildman–Crippen MR) is 52.7 cm³/mol. The van der Waals surface area contributed by atoms with E-state index in [0.717, 1.165) is 12.4 Å². The zero-order chi connectivity index (χ0) is 9.10. The van der Waals surface area contributed by atoms with Crippen molar-refractivity contribution in [3.05, 3.63) is 18.6 Å². The van der Waals surface area contributed by atoms with Crippen molar-refractivity contribution in [1.82, 2.24) is 9.97 Å². The second kappa shape index (κ2) is 3.73. The van der Waals surface area contributed by atoms with Crippen molar-refractivity contribution in [3.8, 4) is 0 Å². The average Bonchev–Trinajstić information content (AvgIpc) is 2.20. The van der Waals surface area contributed by atoms with Gasteiger partial charge in [0.25, 0.3) is 0 Å². The normalized spacial score (nSPS) is 23.2. The van der Waals surface area contributed by atoms with Gasteiger partial charge in [0.05, 0.1) is 6.20 Å². The van der Waals surface area contributed by atoms with Crippen LogP contribution in [0, 0.1) is 0 Å². The maximum Gasteiger partial charge on any atom is 0.147 e. The van der Waals surface area contributed by atoms with Gasteiger partial charge in [0.2, 0.25) is 0 Å². The molecule has 2 rings (SSSR count). The molecule has 0 N–H and O–H groups in total. The molecule has 0 aromatic carbocycles. The van der Waals surface area contributed by atoms with Crippen molar-refractivity contribution < 1.29 is 0 Å². The van der Waals surface area contributed by atoms with Crippen molar-refractivity contribution in [2.75, 3.05) is 11.4 Å². The molecular formula is C10H15N3. The summed E-state index contributed by atoms with van der Waals surface area (Å²) in [5.74, 6) is 1.02. The van der Waals surface area contributed by atoms with Crippen molar-refractivity contribution in [2.45, 2.75) is 32.2 Å². The molecule has 13 heavy (non-hydrogen) atoms. The molecule has 1 aromatic heterocycles. The van der Waals surface area contributed by atoms with Crippen LogP contribution in [0.4, 0.5) is 5.82 Å². The molecule has 0 bridgehead atoms. The fourth-order valence-corrected chi connectivity index (χ4v) is 1.88. The molecule has 1 fully saturated rings. The van der Waals surface area contributed by atoms with Crippen LogP contribution in [-0.4, -0.2) is 22.6 Å². The quantitative estimate of drug-likeness (QED) is 0.655. The molecule has 1 saturated heterocycles. The van der Waals surface area contributed by atoms with Crippen molar-refractivity contribution in [1.29, 1.82) is 0 Å². The van der Waals surface area contributed by atoms with E-state index >= 15 is 0 Å². The number of rotatable bonds is 1. The van der Waals surface area contributed by atoms with Gasteiger partial charge >= 0.3 is 0 Å². The topological polar surface area (TPSA) is 29.0 Å². The molecule has 3 nitrogen and oxygen atoms in total. The van der Waals surface area contributed by atoms with Gasteiger partial charge in [-0.15, -0.1) is 0 Å². The Labute approximate surface area is 78.8 Å². The molecule has 1 unspecified atom stereocenters. The van der Waals surface area contributed by atoms with E-state index in [1.807, 2.05) is 6.20 Å². The van der Waals surface area contributed by atoms with Crippen LogP contribution in [0.2, 0.25) is 0 Å². The average molecular weight is 177 g/mol. The minimum absolute atomic E-state index is 0.616. The summed E-state index contributed by atoms with van der Waals surface area (Å²) >= 11 is 0. The third-order valence-electron chi connectivity index (χ3n) is 2.65. The summed E-state index contributed by atoms with van der Waals surface area (Å²) in [6.07, 6.45) is 9.23. The van der Waals surface area contributed by atoms with Crippen LogP contribution in [0.1, 0.15) is 26.2 Å². The smallest absolute Gasteiger partial charge is 0.147 e. The molecule has 0 radical (unpaired) electrons. The third-order valence-corrected chi connectivity index (χ3v) is 2.65. The maximum absolute atomic E-state index is 4.32. The number of hydrogen-bond donors (Lipinski definition) is 0. The van der Waals surface area contributed by atoms with Gasteiger partial charge in [-0.1, -0.05) is 0 Å². The van der Waals surface area contributed by atoms with Crippen molar-refractivity contribution in [2.24, 2.45) is 0 Å². The van der Waals surface area contributed by atoms with Crippen LogP contribution in [0.3, 0.4) is 0 Å². The minimum Gasteiger partial charge on any atom is -0.353 e. The van der Waals surface area contributed by atoms with Crippen molar-refractivity contribution >= 4 is 5.82 Å². The molecular weight excluding hydrogens is 162 g/mol. The Kier molecular flexibility index (Phi) is 2.43. The van der Waals surface area contributed by atoms with Gasteiger partial charge in [0.1, 0.15) is 5.82 Å². The molecule has 0 saturated carbocycles. The fourth-order valence-electron chi connectivity index (χ4n) is 1.88. The Hall–Kier alpha value is -1.12. The Balaban J connectivity index is 2.15. The first kappa shape index (κ1) is 8.48. The van der Waals surface area contributed by atoms with Gasteiger partial charge < -0.3 is 4.90 Å². The number of anilines is 1. The minimum atomic E-state index is 0.616. The van der Waals surface area contributed by atoms with E-state index in [4.69, 9.17) is 0 Å². The molecule has 2 heterocycles. The highest BCUT2D eigenvalue weighted by atomic mass is 15.2. The summed E-state index contributed by atoms with van der Waals surface area (Å²) in [4.78, 5) is 10.8. The van der Waals surface area contributed by atoms with Crippen LogP contribution < -0.4 is 4.90 Å². The van der Waals surface area contributed by atoms with Gasteiger partial charge in [-0.05, 0) is 26.2 Å². The number of hydrogen-bond acceptors (Lipinski definition) is 3. The first-order valence-electron chi connectivity index (χ1n) is 4.90. The van der Waals surface area contributed by atoms with E-state index in [1.54, 1.807) is 12.4 Å². The van der Waals surface area contributed by atoms with E-state index in [1.165, 1.54) is 19.3 Å². The van der Waals surface area contributed by atoms with E-state index < -0.39 is 0 Å². The summed E-state index contributed by atoms with van der Waals surface area (Å²) in [6, 6.07) is 0.616. The standard InChI is InChI=1S/C10H15N3/c1-9-4-2-3-7-13(9)10-8-11-5-6-12-10/h5-6,8-9H,2-4,7H2,1H3. The summed E-state index contributed by atoms with van der Waals surface area (Å²) in [7, 11) is 0. The highest BCUT2D eigenvalue weighted by Crippen LogP contribution is 2.21. The summed E-state index contributed by atoms with van der Waals surface area (Å²) in [6.45, 7) is 3.38. The molecule has 1 aliphatic rings. The van der Waals surface area contributed by atoms with Crippen LogP contribution in [0.25, 0.3) is 0 Å². The zero-order valence-electron chi connectivity index (χ0n) is 7.98. The molecule has 1 atom stereocenters. The lowest BCUT2D eigenvalue weighted by atomic mass is 10.0. The maximum atomic E-state index is 4.32. The number of piperidine rings is 1. The molecule has 0 aliphatic carbocycles. The molecule has 1 aliphatic heterocycles. The van der Waals surface area contributed by atoms with Gasteiger partial charge in [-0.2, -0.15) is 0 Å². The summed E-state index contributed by atoms with van der Waals surface area (Å²) in [5, 5.41) is 0. The molecule has 70 valence electrons. The fraction of sp³-hybridized carbons (Fsp3) is 0.600. The van der Waals surface area contributed by atoms with Crippen LogP contribution in [0.5, 0.6) is 0 Å². The Bertz CT molecular complexity index is 260. The summed E-state index contributed by atoms with van der Waals surface area (Å²) < 4.78 is 0. The Morgan fingerprint density at radius 2 is 2.31 bits per heavy atom. The van der Waals surface area contributed by atoms with Gasteiger partial charge in [0, 0.05) is 25.0 Å². The van der Waals surface area contributed by atoms with Gasteiger partial charge in [-0.25, -0.2) is 4.98 Å². The first-order chi connectivity index (χ1) is 6.38. The van der Waals surface area contributed by atoms with E-state index in [-0.39, 0.29) is 0 Å². The first-order valence-corrected chi connectivity index (χ1v) is 4.90. The largest absolute Gasteiger partial charge is 0.353 e. The van der Waals surface area contributed by atoms with Gasteiger partial charge in [-0.3, -0.25) is 4.98 Å². The molecule has 0 amide bonds. The molecule has 0 spiro atoms.